The lowest BCUT2D eigenvalue weighted by molar-refractivity contribution is 1.28. The Kier molecular flexibility index (Phi) is 7.26. The molecule has 2 heterocycles. The van der Waals surface area contributed by atoms with Crippen molar-refractivity contribution >= 4 is 80.1 Å². The molecule has 10 rings (SSSR count). The monoisotopic (exact) mass is 685 g/mol. The first-order chi connectivity index (χ1) is 25.3. The molecule has 1 nitrogen and oxygen atoms in total. The van der Waals surface area contributed by atoms with Gasteiger partial charge in [0, 0.05) is 68.5 Å². The molecular weight excluding hydrogens is 655 g/mol. The molecule has 10 aromatic rings. The smallest absolute Gasteiger partial charge is 0.0462 e. The van der Waals surface area contributed by atoms with E-state index in [4.69, 9.17) is 0 Å². The second-order valence-corrected chi connectivity index (χ2v) is 15.0. The minimum Gasteiger partial charge on any atom is -0.311 e. The highest BCUT2D eigenvalue weighted by molar-refractivity contribution is 7.27. The fourth-order valence-electron chi connectivity index (χ4n) is 7.41. The van der Waals surface area contributed by atoms with Crippen LogP contribution in [0.1, 0.15) is 0 Å². The third-order valence-electron chi connectivity index (χ3n) is 9.88. The lowest BCUT2D eigenvalue weighted by Gasteiger charge is -2.26. The van der Waals surface area contributed by atoms with Crippen molar-refractivity contribution in [1.82, 2.24) is 0 Å². The summed E-state index contributed by atoms with van der Waals surface area (Å²) in [6, 6.07) is 68.4. The number of benzene rings is 8. The largest absolute Gasteiger partial charge is 0.311 e. The summed E-state index contributed by atoms with van der Waals surface area (Å²) in [6.07, 6.45) is 0. The Hall–Kier alpha value is -6.00. The van der Waals surface area contributed by atoms with Crippen LogP contribution < -0.4 is 4.90 Å². The fraction of sp³-hybridized carbons (Fsp3) is 0. The number of thiophene rings is 2. The number of hydrogen-bond donors (Lipinski definition) is 0. The van der Waals surface area contributed by atoms with E-state index in [-0.39, 0.29) is 0 Å². The Morgan fingerprint density at radius 3 is 1.41 bits per heavy atom. The molecule has 0 radical (unpaired) electrons. The molecule has 2 aromatic heterocycles. The van der Waals surface area contributed by atoms with Gasteiger partial charge >= 0.3 is 0 Å². The minimum atomic E-state index is 1.12. The molecule has 0 atom stereocenters. The van der Waals surface area contributed by atoms with Crippen LogP contribution in [0.25, 0.3) is 73.7 Å². The highest BCUT2D eigenvalue weighted by Crippen LogP contribution is 2.47. The molecule has 0 unspecified atom stereocenters. The molecule has 0 N–H and O–H groups in total. The lowest BCUT2D eigenvalue weighted by Crippen LogP contribution is -2.09. The van der Waals surface area contributed by atoms with Gasteiger partial charge in [-0.25, -0.2) is 0 Å². The quantitative estimate of drug-likeness (QED) is 0.168. The van der Waals surface area contributed by atoms with Crippen molar-refractivity contribution < 1.29 is 0 Å². The van der Waals surface area contributed by atoms with Crippen LogP contribution >= 0.6 is 22.7 Å². The van der Waals surface area contributed by atoms with Gasteiger partial charge in [0.05, 0.1) is 0 Å². The third kappa shape index (κ3) is 5.21. The van der Waals surface area contributed by atoms with Crippen LogP contribution in [-0.4, -0.2) is 0 Å². The van der Waals surface area contributed by atoms with E-state index in [0.717, 1.165) is 17.1 Å². The van der Waals surface area contributed by atoms with Gasteiger partial charge in [-0.05, 0) is 82.9 Å². The fourth-order valence-corrected chi connectivity index (χ4v) is 9.86. The summed E-state index contributed by atoms with van der Waals surface area (Å²) in [5.41, 5.74) is 10.8. The number of anilines is 3. The van der Waals surface area contributed by atoms with E-state index in [1.807, 2.05) is 22.7 Å². The Morgan fingerprint density at radius 1 is 0.294 bits per heavy atom. The molecule has 0 spiro atoms. The molecule has 0 fully saturated rings. The molecule has 8 aromatic carbocycles. The number of fused-ring (bicyclic) bond motifs is 6. The highest BCUT2D eigenvalue weighted by Gasteiger charge is 2.18. The van der Waals surface area contributed by atoms with E-state index in [1.54, 1.807) is 0 Å². The van der Waals surface area contributed by atoms with Gasteiger partial charge < -0.3 is 4.90 Å². The predicted molar refractivity (Wildman–Crippen MR) is 223 cm³/mol. The summed E-state index contributed by atoms with van der Waals surface area (Å²) in [7, 11) is 0. The summed E-state index contributed by atoms with van der Waals surface area (Å²) >= 11 is 3.80. The van der Waals surface area contributed by atoms with Gasteiger partial charge in [0.25, 0.3) is 0 Å². The molecule has 3 heteroatoms. The van der Waals surface area contributed by atoms with E-state index < -0.39 is 0 Å². The molecule has 240 valence electrons. The molecule has 0 aliphatic rings. The van der Waals surface area contributed by atoms with Gasteiger partial charge in [-0.3, -0.25) is 0 Å². The summed E-state index contributed by atoms with van der Waals surface area (Å²) in [6.45, 7) is 0. The number of nitrogens with zero attached hydrogens (tertiary/aromatic N) is 1. The molecule has 0 aliphatic carbocycles. The molecule has 0 amide bonds. The standard InChI is InChI=1S/C48H31NS2/c1-3-12-32(13-4-1)33-22-26-37(27-23-33)49(36-14-5-2-6-15-36)38-28-24-34(25-29-38)35-30-43-40-17-8-10-21-46(40)51-48(43)44(31-35)42-19-11-18-41-39-16-7-9-20-45(39)50-47(41)42/h1-31H. The van der Waals surface area contributed by atoms with Crippen molar-refractivity contribution in [3.8, 4) is 33.4 Å². The summed E-state index contributed by atoms with van der Waals surface area (Å²) in [5, 5.41) is 5.29. The van der Waals surface area contributed by atoms with Crippen molar-refractivity contribution in [3.05, 3.63) is 188 Å². The molecule has 0 aliphatic heterocycles. The van der Waals surface area contributed by atoms with Crippen molar-refractivity contribution in [2.24, 2.45) is 0 Å². The Labute approximate surface area is 304 Å². The van der Waals surface area contributed by atoms with E-state index in [1.165, 1.54) is 73.7 Å². The second-order valence-electron chi connectivity index (χ2n) is 12.9. The zero-order valence-electron chi connectivity index (χ0n) is 27.7. The van der Waals surface area contributed by atoms with E-state index in [9.17, 15) is 0 Å². The maximum Gasteiger partial charge on any atom is 0.0462 e. The average Bonchev–Trinajstić information content (AvgIpc) is 3.78. The number of para-hydroxylation sites is 1. The van der Waals surface area contributed by atoms with Gasteiger partial charge in [-0.2, -0.15) is 0 Å². The van der Waals surface area contributed by atoms with E-state index >= 15 is 0 Å². The first-order valence-electron chi connectivity index (χ1n) is 17.3. The first-order valence-corrected chi connectivity index (χ1v) is 18.9. The molecule has 51 heavy (non-hydrogen) atoms. The topological polar surface area (TPSA) is 3.24 Å². The predicted octanol–water partition coefficient (Wildman–Crippen LogP) is 14.9. The third-order valence-corrected chi connectivity index (χ3v) is 12.3. The average molecular weight is 686 g/mol. The van der Waals surface area contributed by atoms with Crippen LogP contribution in [0.4, 0.5) is 17.1 Å². The summed E-state index contributed by atoms with van der Waals surface area (Å²) in [4.78, 5) is 2.34. The molecule has 0 saturated carbocycles. The van der Waals surface area contributed by atoms with E-state index in [2.05, 4.69) is 193 Å². The van der Waals surface area contributed by atoms with Crippen LogP contribution in [0.3, 0.4) is 0 Å². The van der Waals surface area contributed by atoms with Gasteiger partial charge in [-0.1, -0.05) is 127 Å². The maximum absolute atomic E-state index is 2.42. The van der Waals surface area contributed by atoms with Gasteiger partial charge in [0.15, 0.2) is 0 Å². The first kappa shape index (κ1) is 29.9. The van der Waals surface area contributed by atoms with Crippen LogP contribution in [0.15, 0.2) is 188 Å². The zero-order chi connectivity index (χ0) is 33.7. The van der Waals surface area contributed by atoms with Crippen molar-refractivity contribution in [3.63, 3.8) is 0 Å². The number of hydrogen-bond acceptors (Lipinski definition) is 3. The van der Waals surface area contributed by atoms with E-state index in [0.29, 0.717) is 0 Å². The van der Waals surface area contributed by atoms with Crippen LogP contribution in [0.5, 0.6) is 0 Å². The van der Waals surface area contributed by atoms with Crippen molar-refractivity contribution in [2.45, 2.75) is 0 Å². The second kappa shape index (κ2) is 12.4. The zero-order valence-corrected chi connectivity index (χ0v) is 29.3. The summed E-state index contributed by atoms with van der Waals surface area (Å²) < 4.78 is 5.34. The van der Waals surface area contributed by atoms with Crippen molar-refractivity contribution in [1.29, 1.82) is 0 Å². The maximum atomic E-state index is 2.42. The normalized spacial score (nSPS) is 11.5. The van der Waals surface area contributed by atoms with Crippen molar-refractivity contribution in [2.75, 3.05) is 4.90 Å². The SMILES string of the molecule is c1ccc(-c2ccc(N(c3ccccc3)c3ccc(-c4cc(-c5cccc6c5sc5ccccc56)c5sc6ccccc6c5c4)cc3)cc2)cc1. The van der Waals surface area contributed by atoms with Crippen LogP contribution in [-0.2, 0) is 0 Å². The van der Waals surface area contributed by atoms with Crippen LogP contribution in [0.2, 0.25) is 0 Å². The van der Waals surface area contributed by atoms with Gasteiger partial charge in [0.2, 0.25) is 0 Å². The molecular formula is C48H31NS2. The Morgan fingerprint density at radius 2 is 0.765 bits per heavy atom. The Balaban J connectivity index is 1.11. The number of rotatable bonds is 6. The minimum absolute atomic E-state index is 1.12. The lowest BCUT2D eigenvalue weighted by atomic mass is 9.95. The molecule has 0 bridgehead atoms. The summed E-state index contributed by atoms with van der Waals surface area (Å²) in [5.74, 6) is 0. The highest BCUT2D eigenvalue weighted by atomic mass is 32.1. The van der Waals surface area contributed by atoms with Gasteiger partial charge in [0.1, 0.15) is 0 Å². The van der Waals surface area contributed by atoms with Crippen LogP contribution in [0, 0.1) is 0 Å². The van der Waals surface area contributed by atoms with Gasteiger partial charge in [-0.15, -0.1) is 22.7 Å². The Bertz CT molecular complexity index is 2830. The molecule has 0 saturated heterocycles.